The quantitative estimate of drug-likeness (QED) is 0.439. The first kappa shape index (κ1) is 6.31. The molecule has 0 rings (SSSR count). The Hall–Kier alpha value is 0.310. The van der Waals surface area contributed by atoms with Crippen LogP contribution < -0.4 is 14.9 Å². The van der Waals surface area contributed by atoms with Gasteiger partial charge in [0, 0.05) is 0 Å². The van der Waals surface area contributed by atoms with Crippen LogP contribution in [0.3, 0.4) is 0 Å². The van der Waals surface area contributed by atoms with Crippen molar-refractivity contribution in [2.75, 3.05) is 6.54 Å². The third kappa shape index (κ3) is 4.31. The average molecular weight is 107 g/mol. The highest BCUT2D eigenvalue weighted by Crippen LogP contribution is 1.98. The molecule has 1 N–H and O–H groups in total. The maximum absolute atomic E-state index is 9.53. The van der Waals surface area contributed by atoms with E-state index in [0.717, 1.165) is 0 Å². The van der Waals surface area contributed by atoms with E-state index in [1.165, 1.54) is 0 Å². The maximum Gasteiger partial charge on any atom is -0.00636 e. The van der Waals surface area contributed by atoms with Gasteiger partial charge in [0.2, 0.25) is 0 Å². The van der Waals surface area contributed by atoms with Crippen molar-refractivity contribution >= 4 is 8.53 Å². The lowest BCUT2D eigenvalue weighted by molar-refractivity contribution is -0.296. The van der Waals surface area contributed by atoms with Crippen molar-refractivity contribution in [1.29, 1.82) is 0 Å². The molecule has 0 aromatic rings. The van der Waals surface area contributed by atoms with Crippen molar-refractivity contribution in [2.24, 2.45) is 0 Å². The fourth-order valence-corrected chi connectivity index (χ4v) is 0.387. The molecule has 0 saturated carbocycles. The number of hydrogen-bond donors (Lipinski definition) is 1. The normalized spacial score (nSPS) is 10.0. The molecule has 0 atom stereocenters. The van der Waals surface area contributed by atoms with Gasteiger partial charge < -0.3 is 14.9 Å². The van der Waals surface area contributed by atoms with E-state index in [-0.39, 0.29) is 0 Å². The number of hydrogen-bond acceptors (Lipinski definition) is 3. The van der Waals surface area contributed by atoms with E-state index in [2.05, 4.69) is 5.09 Å². The monoisotopic (exact) mass is 107 g/mol. The topological polar surface area (TPSA) is 58.1 Å². The minimum absolute atomic E-state index is 0.485. The lowest BCUT2D eigenvalue weighted by Gasteiger charge is -2.30. The lowest BCUT2D eigenvalue weighted by Crippen LogP contribution is -2.22. The molecule has 0 aromatic carbocycles. The van der Waals surface area contributed by atoms with Gasteiger partial charge in [0.15, 0.2) is 0 Å². The summed E-state index contributed by atoms with van der Waals surface area (Å²) in [5.41, 5.74) is 0. The van der Waals surface area contributed by atoms with Crippen molar-refractivity contribution in [3.63, 3.8) is 0 Å². The molecule has 0 aliphatic heterocycles. The second-order valence-corrected chi connectivity index (χ2v) is 1.60. The molecule has 0 saturated heterocycles. The summed E-state index contributed by atoms with van der Waals surface area (Å²) < 4.78 is 0. The predicted molar refractivity (Wildman–Crippen MR) is 20.6 cm³/mol. The van der Waals surface area contributed by atoms with Crippen molar-refractivity contribution < 1.29 is 9.79 Å². The molecule has 0 aromatic heterocycles. The second-order valence-electron chi connectivity index (χ2n) is 0.769. The van der Waals surface area contributed by atoms with Gasteiger partial charge in [0.25, 0.3) is 0 Å². The molecule has 0 unspecified atom stereocenters. The van der Waals surface area contributed by atoms with Crippen LogP contribution >= 0.6 is 8.53 Å². The first-order valence-electron chi connectivity index (χ1n) is 1.65. The van der Waals surface area contributed by atoms with E-state index in [1.54, 1.807) is 6.92 Å². The van der Waals surface area contributed by atoms with Gasteiger partial charge in [-0.05, 0) is 6.54 Å². The Balaban J connectivity index is 2.63. The van der Waals surface area contributed by atoms with Crippen molar-refractivity contribution in [3.05, 3.63) is 0 Å². The summed E-state index contributed by atoms with van der Waals surface area (Å²) in [5.74, 6) is 0. The molecule has 0 aliphatic carbocycles. The molecule has 38 valence electrons. The Bertz CT molecular complexity index is 32.7. The summed E-state index contributed by atoms with van der Waals surface area (Å²) in [6.07, 6.45) is 0. The van der Waals surface area contributed by atoms with Crippen molar-refractivity contribution in [2.45, 2.75) is 6.92 Å². The summed E-state index contributed by atoms with van der Waals surface area (Å²) in [5, 5.41) is 2.16. The molecule has 6 heavy (non-hydrogen) atoms. The summed E-state index contributed by atoms with van der Waals surface area (Å²) in [4.78, 5) is 19.1. The fraction of sp³-hybridized carbons (Fsp3) is 1.00. The molecule has 0 aliphatic rings. The summed E-state index contributed by atoms with van der Waals surface area (Å²) >= 11 is 0. The Morgan fingerprint density at radius 3 is 2.17 bits per heavy atom. The van der Waals surface area contributed by atoms with Gasteiger partial charge in [-0.25, -0.2) is 8.53 Å². The van der Waals surface area contributed by atoms with Crippen molar-refractivity contribution in [3.8, 4) is 0 Å². The van der Waals surface area contributed by atoms with Crippen LogP contribution in [-0.4, -0.2) is 6.54 Å². The molecule has 3 nitrogen and oxygen atoms in total. The Morgan fingerprint density at radius 1 is 1.67 bits per heavy atom. The summed E-state index contributed by atoms with van der Waals surface area (Å²) in [6, 6.07) is 0. The van der Waals surface area contributed by atoms with Gasteiger partial charge in [0.1, 0.15) is 0 Å². The minimum atomic E-state index is -2.35. The van der Waals surface area contributed by atoms with Gasteiger partial charge in [-0.2, -0.15) is 0 Å². The summed E-state index contributed by atoms with van der Waals surface area (Å²) in [7, 11) is -2.35. The first-order valence-corrected chi connectivity index (χ1v) is 2.83. The maximum atomic E-state index is 9.53. The lowest BCUT2D eigenvalue weighted by atomic mass is 10.8. The largest absolute Gasteiger partial charge is 0.830 e. The van der Waals surface area contributed by atoms with Crippen LogP contribution in [0.2, 0.25) is 0 Å². The average Bonchev–Trinajstić information content (AvgIpc) is 1.35. The smallest absolute Gasteiger partial charge is 0.00636 e. The molecule has 4 heteroatoms. The molecule has 0 bridgehead atoms. The van der Waals surface area contributed by atoms with Crippen LogP contribution in [0.1, 0.15) is 6.92 Å². The standard InChI is InChI=1S/C2H6NO2P/c1-2-3-6(4)5/h3H,2H2,1H3/q-2. The number of rotatable bonds is 2. The Morgan fingerprint density at radius 2 is 2.17 bits per heavy atom. The Labute approximate surface area is 38.0 Å². The molecular formula is C2H6NO2P-2. The SMILES string of the molecule is CCNP([O-])[O-]. The van der Waals surface area contributed by atoms with Gasteiger partial charge in [-0.15, -0.1) is 0 Å². The molecule has 0 heterocycles. The zero-order chi connectivity index (χ0) is 4.99. The van der Waals surface area contributed by atoms with Gasteiger partial charge in [-0.1, -0.05) is 6.92 Å². The highest BCUT2D eigenvalue weighted by Gasteiger charge is 1.62. The minimum Gasteiger partial charge on any atom is -0.830 e. The molecule has 0 amide bonds. The highest BCUT2D eigenvalue weighted by atomic mass is 31.2. The van der Waals surface area contributed by atoms with Gasteiger partial charge in [-0.3, -0.25) is 0 Å². The van der Waals surface area contributed by atoms with Crippen LogP contribution in [0.5, 0.6) is 0 Å². The fourth-order valence-electron chi connectivity index (χ4n) is 0.129. The first-order chi connectivity index (χ1) is 2.77. The van der Waals surface area contributed by atoms with Gasteiger partial charge >= 0.3 is 0 Å². The zero-order valence-electron chi connectivity index (χ0n) is 3.47. The van der Waals surface area contributed by atoms with E-state index in [4.69, 9.17) is 0 Å². The van der Waals surface area contributed by atoms with Crippen LogP contribution in [0.4, 0.5) is 0 Å². The van der Waals surface area contributed by atoms with E-state index >= 15 is 0 Å². The molecule has 0 radical (unpaired) electrons. The third-order valence-electron chi connectivity index (χ3n) is 0.287. The Kier molecular flexibility index (Phi) is 3.68. The summed E-state index contributed by atoms with van der Waals surface area (Å²) in [6.45, 7) is 2.21. The van der Waals surface area contributed by atoms with E-state index in [9.17, 15) is 9.79 Å². The van der Waals surface area contributed by atoms with E-state index in [1.807, 2.05) is 0 Å². The van der Waals surface area contributed by atoms with Crippen LogP contribution in [-0.2, 0) is 0 Å². The van der Waals surface area contributed by atoms with Crippen LogP contribution in [0.15, 0.2) is 0 Å². The molecule has 0 fully saturated rings. The second kappa shape index (κ2) is 3.50. The van der Waals surface area contributed by atoms with Crippen molar-refractivity contribution in [1.82, 2.24) is 5.09 Å². The third-order valence-corrected chi connectivity index (χ3v) is 0.862. The molecular weight excluding hydrogens is 101 g/mol. The molecule has 0 spiro atoms. The number of nitrogens with one attached hydrogen (secondary N) is 1. The van der Waals surface area contributed by atoms with Crippen LogP contribution in [0, 0.1) is 0 Å². The predicted octanol–water partition coefficient (Wildman–Crippen LogP) is -1.46. The van der Waals surface area contributed by atoms with Crippen LogP contribution in [0.25, 0.3) is 0 Å². The van der Waals surface area contributed by atoms with E-state index < -0.39 is 8.53 Å². The van der Waals surface area contributed by atoms with E-state index in [0.29, 0.717) is 6.54 Å². The van der Waals surface area contributed by atoms with Gasteiger partial charge in [0.05, 0.1) is 0 Å². The zero-order valence-corrected chi connectivity index (χ0v) is 4.37. The highest BCUT2D eigenvalue weighted by molar-refractivity contribution is 7.39.